The smallest absolute Gasteiger partial charge is 0.271 e. The lowest BCUT2D eigenvalue weighted by Crippen LogP contribution is -2.46. The third-order valence-corrected chi connectivity index (χ3v) is 5.69. The van der Waals surface area contributed by atoms with Crippen molar-refractivity contribution in [1.82, 2.24) is 34.6 Å². The standard InChI is InChI=1S/C24H23N7O2/c1-18-21(16-26-31(18)20-8-3-2-4-9-20)24(33)30-13-6-12-29(30)23(32)17-28-14-10-22(27-28)19-7-5-11-25-15-19/h2-5,7-11,14-16H,6,12-13,17H2,1H3. The summed E-state index contributed by atoms with van der Waals surface area (Å²) in [6, 6.07) is 15.3. The molecule has 0 N–H and O–H groups in total. The summed E-state index contributed by atoms with van der Waals surface area (Å²) in [7, 11) is 0. The van der Waals surface area contributed by atoms with Gasteiger partial charge in [-0.15, -0.1) is 0 Å². The number of rotatable bonds is 5. The van der Waals surface area contributed by atoms with Gasteiger partial charge in [0.1, 0.15) is 6.54 Å². The van der Waals surface area contributed by atoms with Crippen molar-refractivity contribution in [2.75, 3.05) is 13.1 Å². The van der Waals surface area contributed by atoms with E-state index in [0.29, 0.717) is 18.7 Å². The van der Waals surface area contributed by atoms with Crippen LogP contribution < -0.4 is 0 Å². The Morgan fingerprint density at radius 2 is 1.79 bits per heavy atom. The maximum atomic E-state index is 13.3. The van der Waals surface area contributed by atoms with E-state index in [-0.39, 0.29) is 18.4 Å². The normalized spacial score (nSPS) is 13.5. The average molecular weight is 441 g/mol. The highest BCUT2D eigenvalue weighted by molar-refractivity contribution is 5.96. The van der Waals surface area contributed by atoms with E-state index in [1.807, 2.05) is 55.5 Å². The van der Waals surface area contributed by atoms with Crippen molar-refractivity contribution in [3.05, 3.63) is 84.6 Å². The fourth-order valence-electron chi connectivity index (χ4n) is 4.01. The Hall–Kier alpha value is -4.27. The molecule has 5 rings (SSSR count). The lowest BCUT2D eigenvalue weighted by atomic mass is 10.2. The van der Waals surface area contributed by atoms with Crippen LogP contribution in [0.5, 0.6) is 0 Å². The fourth-order valence-corrected chi connectivity index (χ4v) is 4.01. The maximum absolute atomic E-state index is 13.3. The van der Waals surface area contributed by atoms with Crippen LogP contribution in [-0.2, 0) is 11.3 Å². The predicted molar refractivity (Wildman–Crippen MR) is 121 cm³/mol. The second-order valence-corrected chi connectivity index (χ2v) is 7.83. The first kappa shape index (κ1) is 20.6. The lowest BCUT2D eigenvalue weighted by molar-refractivity contribution is -0.141. The molecule has 0 aliphatic carbocycles. The highest BCUT2D eigenvalue weighted by Crippen LogP contribution is 2.20. The van der Waals surface area contributed by atoms with E-state index in [9.17, 15) is 9.59 Å². The number of hydrazine groups is 1. The molecule has 166 valence electrons. The summed E-state index contributed by atoms with van der Waals surface area (Å²) in [6.45, 7) is 2.89. The summed E-state index contributed by atoms with van der Waals surface area (Å²) in [5, 5.41) is 11.9. The van der Waals surface area contributed by atoms with Gasteiger partial charge in [0.2, 0.25) is 0 Å². The zero-order valence-corrected chi connectivity index (χ0v) is 18.2. The van der Waals surface area contributed by atoms with E-state index in [4.69, 9.17) is 0 Å². The second kappa shape index (κ2) is 8.70. The third kappa shape index (κ3) is 4.00. The number of benzene rings is 1. The first-order valence-electron chi connectivity index (χ1n) is 10.8. The first-order valence-corrected chi connectivity index (χ1v) is 10.8. The van der Waals surface area contributed by atoms with Gasteiger partial charge in [-0.05, 0) is 43.7 Å². The average Bonchev–Trinajstić information content (AvgIpc) is 3.60. The molecule has 33 heavy (non-hydrogen) atoms. The summed E-state index contributed by atoms with van der Waals surface area (Å²) in [4.78, 5) is 30.5. The Morgan fingerprint density at radius 1 is 0.970 bits per heavy atom. The van der Waals surface area contributed by atoms with Gasteiger partial charge < -0.3 is 0 Å². The molecule has 2 amide bonds. The number of carbonyl (C=O) groups is 2. The van der Waals surface area contributed by atoms with Crippen molar-refractivity contribution in [3.8, 4) is 16.9 Å². The molecular formula is C24H23N7O2. The molecule has 9 nitrogen and oxygen atoms in total. The lowest BCUT2D eigenvalue weighted by Gasteiger charge is -2.27. The quantitative estimate of drug-likeness (QED) is 0.475. The van der Waals surface area contributed by atoms with Crippen LogP contribution in [0.25, 0.3) is 16.9 Å². The maximum Gasteiger partial charge on any atom is 0.275 e. The van der Waals surface area contributed by atoms with Gasteiger partial charge in [0.15, 0.2) is 0 Å². The first-order chi connectivity index (χ1) is 16.1. The van der Waals surface area contributed by atoms with Crippen molar-refractivity contribution in [2.45, 2.75) is 19.9 Å². The monoisotopic (exact) mass is 441 g/mol. The van der Waals surface area contributed by atoms with E-state index < -0.39 is 0 Å². The molecule has 0 radical (unpaired) electrons. The Balaban J connectivity index is 1.31. The highest BCUT2D eigenvalue weighted by atomic mass is 16.2. The van der Waals surface area contributed by atoms with E-state index in [1.165, 1.54) is 10.0 Å². The second-order valence-electron chi connectivity index (χ2n) is 7.83. The third-order valence-electron chi connectivity index (χ3n) is 5.69. The Morgan fingerprint density at radius 3 is 2.58 bits per heavy atom. The molecule has 4 heterocycles. The van der Waals surface area contributed by atoms with Crippen molar-refractivity contribution in [3.63, 3.8) is 0 Å². The highest BCUT2D eigenvalue weighted by Gasteiger charge is 2.33. The van der Waals surface area contributed by atoms with Crippen LogP contribution in [0.2, 0.25) is 0 Å². The van der Waals surface area contributed by atoms with E-state index in [2.05, 4.69) is 15.2 Å². The molecule has 1 aliphatic heterocycles. The summed E-state index contributed by atoms with van der Waals surface area (Å²) < 4.78 is 3.32. The molecule has 0 spiro atoms. The zero-order chi connectivity index (χ0) is 22.8. The molecule has 3 aromatic heterocycles. The Kier molecular flexibility index (Phi) is 5.43. The van der Waals surface area contributed by atoms with Gasteiger partial charge in [-0.3, -0.25) is 19.3 Å². The van der Waals surface area contributed by atoms with Crippen molar-refractivity contribution in [2.24, 2.45) is 0 Å². The van der Waals surface area contributed by atoms with Crippen molar-refractivity contribution in [1.29, 1.82) is 0 Å². The van der Waals surface area contributed by atoms with Gasteiger partial charge in [-0.25, -0.2) is 14.7 Å². The molecule has 1 aromatic carbocycles. The van der Waals surface area contributed by atoms with Gasteiger partial charge in [-0.2, -0.15) is 10.2 Å². The van der Waals surface area contributed by atoms with E-state index in [0.717, 1.165) is 29.1 Å². The number of amides is 2. The molecular weight excluding hydrogens is 418 g/mol. The van der Waals surface area contributed by atoms with Crippen LogP contribution >= 0.6 is 0 Å². The summed E-state index contributed by atoms with van der Waals surface area (Å²) in [6.07, 6.45) is 7.49. The molecule has 1 saturated heterocycles. The van der Waals surface area contributed by atoms with Gasteiger partial charge >= 0.3 is 0 Å². The van der Waals surface area contributed by atoms with Gasteiger partial charge in [0, 0.05) is 37.2 Å². The molecule has 4 aromatic rings. The van der Waals surface area contributed by atoms with Crippen LogP contribution in [0, 0.1) is 6.92 Å². The Labute approximate surface area is 190 Å². The van der Waals surface area contributed by atoms with E-state index in [1.54, 1.807) is 34.2 Å². The number of nitrogens with zero attached hydrogens (tertiary/aromatic N) is 7. The molecule has 0 bridgehead atoms. The summed E-state index contributed by atoms with van der Waals surface area (Å²) in [5.74, 6) is -0.410. The predicted octanol–water partition coefficient (Wildman–Crippen LogP) is 2.73. The van der Waals surface area contributed by atoms with Crippen molar-refractivity contribution >= 4 is 11.8 Å². The van der Waals surface area contributed by atoms with Crippen molar-refractivity contribution < 1.29 is 9.59 Å². The summed E-state index contributed by atoms with van der Waals surface area (Å²) in [5.41, 5.74) is 3.73. The molecule has 1 fully saturated rings. The number of hydrogen-bond acceptors (Lipinski definition) is 5. The fraction of sp³-hybridized carbons (Fsp3) is 0.208. The number of aromatic nitrogens is 5. The number of hydrogen-bond donors (Lipinski definition) is 0. The number of para-hydroxylation sites is 1. The van der Waals surface area contributed by atoms with Gasteiger partial charge in [-0.1, -0.05) is 18.2 Å². The number of carbonyl (C=O) groups excluding carboxylic acids is 2. The SMILES string of the molecule is Cc1c(C(=O)N2CCCN2C(=O)Cn2ccc(-c3cccnc3)n2)cnn1-c1ccccc1. The summed E-state index contributed by atoms with van der Waals surface area (Å²) >= 11 is 0. The molecule has 0 unspecified atom stereocenters. The zero-order valence-electron chi connectivity index (χ0n) is 18.2. The molecule has 0 saturated carbocycles. The minimum absolute atomic E-state index is 0.0479. The van der Waals surface area contributed by atoms with Gasteiger partial charge in [0.25, 0.3) is 11.8 Å². The molecule has 0 atom stereocenters. The minimum Gasteiger partial charge on any atom is -0.271 e. The minimum atomic E-state index is -0.225. The van der Waals surface area contributed by atoms with Crippen LogP contribution in [0.3, 0.4) is 0 Å². The number of pyridine rings is 1. The largest absolute Gasteiger partial charge is 0.275 e. The van der Waals surface area contributed by atoms with Crippen LogP contribution in [0.15, 0.2) is 73.3 Å². The van der Waals surface area contributed by atoms with E-state index >= 15 is 0 Å². The van der Waals surface area contributed by atoms with Gasteiger partial charge in [0.05, 0.1) is 28.8 Å². The topological polar surface area (TPSA) is 89.2 Å². The van der Waals surface area contributed by atoms with Crippen LogP contribution in [-0.4, -0.2) is 59.5 Å². The van der Waals surface area contributed by atoms with Crippen LogP contribution in [0.1, 0.15) is 22.5 Å². The molecule has 9 heteroatoms. The Bertz CT molecular complexity index is 1280. The molecule has 1 aliphatic rings. The van der Waals surface area contributed by atoms with Crippen LogP contribution in [0.4, 0.5) is 0 Å².